The Hall–Kier alpha value is -3.16. The average Bonchev–Trinajstić information content (AvgIpc) is 2.72. The molecule has 0 saturated carbocycles. The Balaban J connectivity index is 4.60. The number of carbonyl (C=O) groups excluding carboxylic acids is 4. The molecule has 0 spiro atoms. The van der Waals surface area contributed by atoms with Crippen LogP contribution in [0.2, 0.25) is 0 Å². The van der Waals surface area contributed by atoms with E-state index in [-0.39, 0.29) is 23.6 Å². The molecule has 0 aliphatic carbocycles. The summed E-state index contributed by atoms with van der Waals surface area (Å²) in [5.41, 5.74) is 0. The Morgan fingerprint density at radius 1 is 0.607 bits per heavy atom. The summed E-state index contributed by atoms with van der Waals surface area (Å²) in [4.78, 5) is 49.5. The van der Waals surface area contributed by atoms with Gasteiger partial charge in [0.1, 0.15) is 0 Å². The SMILES string of the molecule is C=CC(=O)NCCCN(CCN(CCCNC(=O)C=C)C(=O)C=C)C(=O)C=C. The highest BCUT2D eigenvalue weighted by atomic mass is 16.2. The molecule has 0 saturated heterocycles. The third-order valence-electron chi connectivity index (χ3n) is 3.79. The van der Waals surface area contributed by atoms with Gasteiger partial charge in [-0.25, -0.2) is 0 Å². The van der Waals surface area contributed by atoms with E-state index in [0.717, 1.165) is 0 Å². The molecule has 0 aromatic carbocycles. The highest BCUT2D eigenvalue weighted by Gasteiger charge is 2.15. The first-order chi connectivity index (χ1) is 13.4. The normalized spacial score (nSPS) is 9.57. The van der Waals surface area contributed by atoms with Crippen molar-refractivity contribution in [3.05, 3.63) is 50.6 Å². The molecule has 0 aliphatic rings. The topological polar surface area (TPSA) is 98.8 Å². The first-order valence-electron chi connectivity index (χ1n) is 9.02. The summed E-state index contributed by atoms with van der Waals surface area (Å²) >= 11 is 0. The van der Waals surface area contributed by atoms with Crippen LogP contribution in [0, 0.1) is 0 Å². The molecule has 0 aromatic rings. The van der Waals surface area contributed by atoms with Crippen LogP contribution >= 0.6 is 0 Å². The lowest BCUT2D eigenvalue weighted by Gasteiger charge is -2.27. The monoisotopic (exact) mass is 390 g/mol. The van der Waals surface area contributed by atoms with Crippen LogP contribution in [0.4, 0.5) is 0 Å². The first-order valence-corrected chi connectivity index (χ1v) is 9.02. The molecule has 0 heterocycles. The van der Waals surface area contributed by atoms with E-state index in [1.165, 1.54) is 24.3 Å². The largest absolute Gasteiger partial charge is 0.353 e. The lowest BCUT2D eigenvalue weighted by atomic mass is 10.3. The van der Waals surface area contributed by atoms with Gasteiger partial charge in [0.15, 0.2) is 0 Å². The zero-order valence-corrected chi connectivity index (χ0v) is 16.3. The second-order valence-electron chi connectivity index (χ2n) is 5.76. The van der Waals surface area contributed by atoms with Gasteiger partial charge in [-0.15, -0.1) is 0 Å². The molecule has 0 aromatic heterocycles. The maximum atomic E-state index is 12.0. The molecule has 4 amide bonds. The Morgan fingerprint density at radius 3 is 1.25 bits per heavy atom. The van der Waals surface area contributed by atoms with Gasteiger partial charge in [0.2, 0.25) is 23.6 Å². The van der Waals surface area contributed by atoms with Crippen molar-refractivity contribution < 1.29 is 19.2 Å². The molecule has 28 heavy (non-hydrogen) atoms. The summed E-state index contributed by atoms with van der Waals surface area (Å²) in [7, 11) is 0. The van der Waals surface area contributed by atoms with E-state index in [4.69, 9.17) is 0 Å². The molecule has 0 rings (SSSR count). The van der Waals surface area contributed by atoms with Gasteiger partial charge in [0.25, 0.3) is 0 Å². The van der Waals surface area contributed by atoms with Crippen molar-refractivity contribution in [3.8, 4) is 0 Å². The fourth-order valence-electron chi connectivity index (χ4n) is 2.27. The number of amides is 4. The van der Waals surface area contributed by atoms with E-state index in [9.17, 15) is 19.2 Å². The molecule has 0 aliphatic heterocycles. The van der Waals surface area contributed by atoms with Crippen LogP contribution in [0.25, 0.3) is 0 Å². The standard InChI is InChI=1S/C20H30N4O4/c1-5-17(25)21-11-9-13-23(19(27)7-3)15-16-24(20(28)8-4)14-10-12-22-18(26)6-2/h5-8H,1-4,9-16H2,(H,21,25)(H,22,26). The van der Waals surface area contributed by atoms with Crippen LogP contribution in [-0.2, 0) is 19.2 Å². The zero-order chi connectivity index (χ0) is 21.4. The molecule has 8 heteroatoms. The van der Waals surface area contributed by atoms with Gasteiger partial charge >= 0.3 is 0 Å². The lowest BCUT2D eigenvalue weighted by Crippen LogP contribution is -2.42. The minimum Gasteiger partial charge on any atom is -0.353 e. The summed E-state index contributed by atoms with van der Waals surface area (Å²) in [5, 5.41) is 5.29. The fraction of sp³-hybridized carbons (Fsp3) is 0.400. The minimum absolute atomic E-state index is 0.251. The molecule has 0 unspecified atom stereocenters. The summed E-state index contributed by atoms with van der Waals surface area (Å²) in [6, 6.07) is 0. The molecule has 8 nitrogen and oxygen atoms in total. The number of hydrogen-bond acceptors (Lipinski definition) is 4. The lowest BCUT2D eigenvalue weighted by molar-refractivity contribution is -0.130. The molecule has 2 N–H and O–H groups in total. The predicted octanol–water partition coefficient (Wildman–Crippen LogP) is 0.400. The Morgan fingerprint density at radius 2 is 0.964 bits per heavy atom. The van der Waals surface area contributed by atoms with Crippen LogP contribution in [-0.4, -0.2) is 72.7 Å². The van der Waals surface area contributed by atoms with Gasteiger partial charge in [-0.3, -0.25) is 19.2 Å². The third kappa shape index (κ3) is 10.7. The van der Waals surface area contributed by atoms with E-state index >= 15 is 0 Å². The van der Waals surface area contributed by atoms with Gasteiger partial charge < -0.3 is 20.4 Å². The maximum absolute atomic E-state index is 12.0. The van der Waals surface area contributed by atoms with Crippen LogP contribution in [0.5, 0.6) is 0 Å². The molecule has 154 valence electrons. The molecular formula is C20H30N4O4. The highest BCUT2D eigenvalue weighted by molar-refractivity contribution is 5.88. The van der Waals surface area contributed by atoms with E-state index in [1.807, 2.05) is 0 Å². The van der Waals surface area contributed by atoms with Crippen molar-refractivity contribution in [2.45, 2.75) is 12.8 Å². The van der Waals surface area contributed by atoms with E-state index < -0.39 is 0 Å². The second-order valence-corrected chi connectivity index (χ2v) is 5.76. The number of nitrogens with one attached hydrogen (secondary N) is 2. The summed E-state index contributed by atoms with van der Waals surface area (Å²) < 4.78 is 0. The Labute approximate surface area is 166 Å². The van der Waals surface area contributed by atoms with Crippen molar-refractivity contribution in [2.24, 2.45) is 0 Å². The zero-order valence-electron chi connectivity index (χ0n) is 16.3. The van der Waals surface area contributed by atoms with Gasteiger partial charge in [-0.1, -0.05) is 26.3 Å². The van der Waals surface area contributed by atoms with Crippen molar-refractivity contribution in [1.29, 1.82) is 0 Å². The van der Waals surface area contributed by atoms with Crippen molar-refractivity contribution in [3.63, 3.8) is 0 Å². The smallest absolute Gasteiger partial charge is 0.246 e. The van der Waals surface area contributed by atoms with Crippen LogP contribution in [0.3, 0.4) is 0 Å². The molecule has 0 radical (unpaired) electrons. The third-order valence-corrected chi connectivity index (χ3v) is 3.79. The maximum Gasteiger partial charge on any atom is 0.246 e. The quantitative estimate of drug-likeness (QED) is 0.312. The van der Waals surface area contributed by atoms with Crippen molar-refractivity contribution >= 4 is 23.6 Å². The van der Waals surface area contributed by atoms with E-state index in [2.05, 4.69) is 36.9 Å². The molecule has 0 atom stereocenters. The van der Waals surface area contributed by atoms with Crippen LogP contribution in [0.15, 0.2) is 50.6 Å². The Bertz CT molecular complexity index is 549. The van der Waals surface area contributed by atoms with Gasteiger partial charge in [0, 0.05) is 39.3 Å². The van der Waals surface area contributed by atoms with E-state index in [0.29, 0.717) is 52.1 Å². The van der Waals surface area contributed by atoms with Gasteiger partial charge in [0.05, 0.1) is 0 Å². The van der Waals surface area contributed by atoms with Crippen LogP contribution in [0.1, 0.15) is 12.8 Å². The second kappa shape index (κ2) is 15.0. The summed E-state index contributed by atoms with van der Waals surface area (Å²) in [6.45, 7) is 16.0. The molecule has 0 fully saturated rings. The van der Waals surface area contributed by atoms with Crippen molar-refractivity contribution in [2.75, 3.05) is 39.3 Å². The Kier molecular flexibility index (Phi) is 13.3. The van der Waals surface area contributed by atoms with Crippen molar-refractivity contribution in [1.82, 2.24) is 20.4 Å². The predicted molar refractivity (Wildman–Crippen MR) is 109 cm³/mol. The van der Waals surface area contributed by atoms with Crippen LogP contribution < -0.4 is 10.6 Å². The number of carbonyl (C=O) groups is 4. The van der Waals surface area contributed by atoms with E-state index in [1.54, 1.807) is 9.80 Å². The van der Waals surface area contributed by atoms with Gasteiger partial charge in [-0.05, 0) is 37.1 Å². The summed E-state index contributed by atoms with van der Waals surface area (Å²) in [5.74, 6) is -1.04. The number of nitrogens with zero attached hydrogens (tertiary/aromatic N) is 2. The number of rotatable bonds is 15. The number of hydrogen-bond donors (Lipinski definition) is 2. The van der Waals surface area contributed by atoms with Gasteiger partial charge in [-0.2, -0.15) is 0 Å². The average molecular weight is 390 g/mol. The first kappa shape index (κ1) is 24.8. The molecule has 0 bridgehead atoms. The highest BCUT2D eigenvalue weighted by Crippen LogP contribution is 1.99. The minimum atomic E-state index is -0.270. The summed E-state index contributed by atoms with van der Waals surface area (Å²) in [6.07, 6.45) is 5.91. The molecular weight excluding hydrogens is 360 g/mol. The fourth-order valence-corrected chi connectivity index (χ4v) is 2.27.